The zero-order valence-corrected chi connectivity index (χ0v) is 16.5. The Bertz CT molecular complexity index is 971. The molecule has 3 N–H and O–H groups in total. The molecule has 148 valence electrons. The molecule has 0 atom stereocenters. The molecular formula is C19H20ClN3O4S. The maximum Gasteiger partial charge on any atom is 0.269 e. The maximum absolute atomic E-state index is 12.5. The molecule has 0 bridgehead atoms. The number of carbonyl (C=O) groups excluding carboxylic acids is 2. The first-order valence-corrected chi connectivity index (χ1v) is 10.7. The largest absolute Gasteiger partial charge is 0.269 e. The molecule has 0 saturated heterocycles. The molecule has 1 saturated carbocycles. The molecule has 0 radical (unpaired) electrons. The van der Waals surface area contributed by atoms with Gasteiger partial charge in [0.25, 0.3) is 11.8 Å². The van der Waals surface area contributed by atoms with Crippen molar-refractivity contribution in [3.63, 3.8) is 0 Å². The summed E-state index contributed by atoms with van der Waals surface area (Å²) in [5.41, 5.74) is 5.00. The predicted octanol–water partition coefficient (Wildman–Crippen LogP) is 2.64. The fourth-order valence-corrected chi connectivity index (χ4v) is 4.47. The van der Waals surface area contributed by atoms with Gasteiger partial charge in [0, 0.05) is 22.2 Å². The molecule has 2 amide bonds. The first-order valence-electron chi connectivity index (χ1n) is 8.84. The third kappa shape index (κ3) is 5.09. The molecule has 1 aliphatic rings. The summed E-state index contributed by atoms with van der Waals surface area (Å²) in [6.07, 6.45) is 3.64. The minimum atomic E-state index is -3.71. The molecule has 1 fully saturated rings. The van der Waals surface area contributed by atoms with E-state index in [4.69, 9.17) is 11.6 Å². The van der Waals surface area contributed by atoms with Crippen molar-refractivity contribution < 1.29 is 18.0 Å². The normalized spacial score (nSPS) is 14.6. The number of halogens is 1. The highest BCUT2D eigenvalue weighted by Gasteiger charge is 2.23. The molecule has 0 aliphatic heterocycles. The molecule has 3 rings (SSSR count). The summed E-state index contributed by atoms with van der Waals surface area (Å²) in [5.74, 6) is -1.14. The molecule has 0 unspecified atom stereocenters. The van der Waals surface area contributed by atoms with Gasteiger partial charge in [-0.25, -0.2) is 13.1 Å². The minimum Gasteiger partial charge on any atom is -0.267 e. The van der Waals surface area contributed by atoms with Gasteiger partial charge in [0.2, 0.25) is 10.0 Å². The maximum atomic E-state index is 12.5. The van der Waals surface area contributed by atoms with Gasteiger partial charge in [-0.05, 0) is 55.3 Å². The van der Waals surface area contributed by atoms with E-state index in [0.29, 0.717) is 10.6 Å². The molecule has 0 heterocycles. The number of hydrogen-bond acceptors (Lipinski definition) is 4. The Hall–Kier alpha value is -2.42. The average molecular weight is 422 g/mol. The molecule has 1 aliphatic carbocycles. The van der Waals surface area contributed by atoms with Crippen LogP contribution in [0.25, 0.3) is 0 Å². The van der Waals surface area contributed by atoms with Crippen LogP contribution < -0.4 is 15.6 Å². The van der Waals surface area contributed by atoms with Crippen molar-refractivity contribution in [1.82, 2.24) is 15.6 Å². The van der Waals surface area contributed by atoms with Crippen LogP contribution in [0.3, 0.4) is 0 Å². The Balaban J connectivity index is 1.64. The van der Waals surface area contributed by atoms with Crippen molar-refractivity contribution in [2.24, 2.45) is 0 Å². The van der Waals surface area contributed by atoms with E-state index in [-0.39, 0.29) is 16.5 Å². The highest BCUT2D eigenvalue weighted by molar-refractivity contribution is 7.89. The van der Waals surface area contributed by atoms with Gasteiger partial charge >= 0.3 is 0 Å². The summed E-state index contributed by atoms with van der Waals surface area (Å²) < 4.78 is 27.7. The zero-order valence-electron chi connectivity index (χ0n) is 14.9. The lowest BCUT2D eigenvalue weighted by atomic mass is 10.2. The second-order valence-corrected chi connectivity index (χ2v) is 8.70. The molecule has 28 heavy (non-hydrogen) atoms. The standard InChI is InChI=1S/C19H20ClN3O4S/c20-15-10-8-13(9-11-15)18(24)21-22-19(25)14-4-3-7-17(12-14)28(26,27)23-16-5-1-2-6-16/h3-4,7-12,16,23H,1-2,5-6H2,(H,21,24)(H,22,25). The lowest BCUT2D eigenvalue weighted by Gasteiger charge is -2.13. The van der Waals surface area contributed by atoms with Crippen molar-refractivity contribution in [2.75, 3.05) is 0 Å². The zero-order chi connectivity index (χ0) is 20.1. The van der Waals surface area contributed by atoms with Gasteiger partial charge in [-0.1, -0.05) is 30.5 Å². The molecule has 0 spiro atoms. The van der Waals surface area contributed by atoms with Crippen molar-refractivity contribution in [1.29, 1.82) is 0 Å². The van der Waals surface area contributed by atoms with Gasteiger partial charge in [-0.2, -0.15) is 0 Å². The van der Waals surface area contributed by atoms with E-state index in [1.165, 1.54) is 36.4 Å². The van der Waals surface area contributed by atoms with Crippen molar-refractivity contribution in [3.8, 4) is 0 Å². The third-order valence-electron chi connectivity index (χ3n) is 4.48. The summed E-state index contributed by atoms with van der Waals surface area (Å²) in [6, 6.07) is 11.8. The quantitative estimate of drug-likeness (QED) is 0.645. The lowest BCUT2D eigenvalue weighted by Crippen LogP contribution is -2.41. The van der Waals surface area contributed by atoms with E-state index < -0.39 is 21.8 Å². The van der Waals surface area contributed by atoms with E-state index in [1.807, 2.05) is 0 Å². The van der Waals surface area contributed by atoms with Gasteiger partial charge in [0.05, 0.1) is 4.90 Å². The smallest absolute Gasteiger partial charge is 0.267 e. The average Bonchev–Trinajstić information content (AvgIpc) is 3.19. The van der Waals surface area contributed by atoms with Crippen molar-refractivity contribution in [2.45, 2.75) is 36.6 Å². The number of benzene rings is 2. The van der Waals surface area contributed by atoms with E-state index >= 15 is 0 Å². The van der Waals surface area contributed by atoms with Crippen LogP contribution in [0, 0.1) is 0 Å². The Morgan fingerprint density at radius 1 is 0.893 bits per heavy atom. The number of rotatable bonds is 5. The minimum absolute atomic E-state index is 0.0103. The first kappa shape index (κ1) is 20.3. The molecule has 2 aromatic carbocycles. The van der Waals surface area contributed by atoms with Crippen LogP contribution >= 0.6 is 11.6 Å². The Morgan fingerprint density at radius 3 is 2.14 bits per heavy atom. The topological polar surface area (TPSA) is 104 Å². The van der Waals surface area contributed by atoms with Crippen LogP contribution in [-0.4, -0.2) is 26.3 Å². The summed E-state index contributed by atoms with van der Waals surface area (Å²) in [5, 5.41) is 0.491. The van der Waals surface area contributed by atoms with Gasteiger partial charge in [-0.15, -0.1) is 0 Å². The third-order valence-corrected chi connectivity index (χ3v) is 6.25. The highest BCUT2D eigenvalue weighted by Crippen LogP contribution is 2.20. The van der Waals surface area contributed by atoms with Crippen LogP contribution in [0.5, 0.6) is 0 Å². The van der Waals surface area contributed by atoms with Crippen molar-refractivity contribution in [3.05, 3.63) is 64.7 Å². The Morgan fingerprint density at radius 2 is 1.50 bits per heavy atom. The van der Waals surface area contributed by atoms with E-state index in [9.17, 15) is 18.0 Å². The fraction of sp³-hybridized carbons (Fsp3) is 0.263. The van der Waals surface area contributed by atoms with Gasteiger partial charge < -0.3 is 0 Å². The lowest BCUT2D eigenvalue weighted by molar-refractivity contribution is 0.0846. The molecule has 7 nitrogen and oxygen atoms in total. The fourth-order valence-electron chi connectivity index (χ4n) is 2.99. The van der Waals surface area contributed by atoms with Crippen LogP contribution in [0.4, 0.5) is 0 Å². The molecular weight excluding hydrogens is 402 g/mol. The molecule has 9 heteroatoms. The monoisotopic (exact) mass is 421 g/mol. The number of carbonyl (C=O) groups is 2. The second-order valence-electron chi connectivity index (χ2n) is 6.55. The molecule has 0 aromatic heterocycles. The van der Waals surface area contributed by atoms with Gasteiger partial charge in [0.15, 0.2) is 0 Å². The van der Waals surface area contributed by atoms with Crippen LogP contribution in [-0.2, 0) is 10.0 Å². The SMILES string of the molecule is O=C(NNC(=O)c1cccc(S(=O)(=O)NC2CCCC2)c1)c1ccc(Cl)cc1. The van der Waals surface area contributed by atoms with Gasteiger partial charge in [-0.3, -0.25) is 20.4 Å². The van der Waals surface area contributed by atoms with E-state index in [2.05, 4.69) is 15.6 Å². The number of hydrogen-bond donors (Lipinski definition) is 3. The van der Waals surface area contributed by atoms with Crippen LogP contribution in [0.1, 0.15) is 46.4 Å². The summed E-state index contributed by atoms with van der Waals surface area (Å²) in [4.78, 5) is 24.3. The second kappa shape index (κ2) is 8.72. The van der Waals surface area contributed by atoms with Crippen molar-refractivity contribution >= 4 is 33.4 Å². The number of nitrogens with one attached hydrogen (secondary N) is 3. The Kier molecular flexibility index (Phi) is 6.33. The van der Waals surface area contributed by atoms with Crippen LogP contribution in [0.2, 0.25) is 5.02 Å². The first-order chi connectivity index (χ1) is 13.3. The number of sulfonamides is 1. The summed E-state index contributed by atoms with van der Waals surface area (Å²) in [7, 11) is -3.71. The highest BCUT2D eigenvalue weighted by atomic mass is 35.5. The number of amides is 2. The molecule has 2 aromatic rings. The van der Waals surface area contributed by atoms with E-state index in [1.54, 1.807) is 12.1 Å². The number of hydrazine groups is 1. The predicted molar refractivity (Wildman–Crippen MR) is 105 cm³/mol. The van der Waals surface area contributed by atoms with Crippen LogP contribution in [0.15, 0.2) is 53.4 Å². The van der Waals surface area contributed by atoms with E-state index in [0.717, 1.165) is 25.7 Å². The Labute approximate surface area is 168 Å². The van der Waals surface area contributed by atoms with Gasteiger partial charge in [0.1, 0.15) is 0 Å². The summed E-state index contributed by atoms with van der Waals surface area (Å²) in [6.45, 7) is 0. The summed E-state index contributed by atoms with van der Waals surface area (Å²) >= 11 is 5.77.